The third-order valence-electron chi connectivity index (χ3n) is 5.31. The molecule has 0 saturated heterocycles. The van der Waals surface area contributed by atoms with Gasteiger partial charge >= 0.3 is 0 Å². The molecule has 2 aromatic carbocycles. The molecule has 0 fully saturated rings. The second-order valence-electron chi connectivity index (χ2n) is 7.18. The van der Waals surface area contributed by atoms with Gasteiger partial charge in [0.2, 0.25) is 0 Å². The van der Waals surface area contributed by atoms with Crippen LogP contribution in [0.5, 0.6) is 0 Å². The molecule has 0 amide bonds. The van der Waals surface area contributed by atoms with Crippen LogP contribution < -0.4 is 0 Å². The van der Waals surface area contributed by atoms with E-state index in [4.69, 9.17) is 4.74 Å². The van der Waals surface area contributed by atoms with Gasteiger partial charge in [-0.15, -0.1) is 0 Å². The summed E-state index contributed by atoms with van der Waals surface area (Å²) in [7, 11) is 0. The van der Waals surface area contributed by atoms with Gasteiger partial charge in [0.15, 0.2) is 5.78 Å². The number of carbonyl (C=O) groups is 1. The van der Waals surface area contributed by atoms with E-state index in [2.05, 4.69) is 44.2 Å². The van der Waals surface area contributed by atoms with Crippen LogP contribution in [0.15, 0.2) is 60.4 Å². The highest BCUT2D eigenvalue weighted by atomic mass is 16.5. The smallest absolute Gasteiger partial charge is 0.199 e. The molecule has 2 atom stereocenters. The Morgan fingerprint density at radius 2 is 1.81 bits per heavy atom. The van der Waals surface area contributed by atoms with Crippen molar-refractivity contribution in [3.8, 4) is 11.1 Å². The van der Waals surface area contributed by atoms with Gasteiger partial charge in [-0.05, 0) is 54.7 Å². The lowest BCUT2D eigenvalue weighted by Gasteiger charge is -2.31. The summed E-state index contributed by atoms with van der Waals surface area (Å²) in [6.07, 6.45) is 3.67. The normalized spacial score (nSPS) is 24.4. The lowest BCUT2D eigenvalue weighted by Crippen LogP contribution is -2.38. The fourth-order valence-electron chi connectivity index (χ4n) is 3.71. The number of carbonyl (C=O) groups excluding carboxylic acids is 1. The average molecular weight is 346 g/mol. The minimum absolute atomic E-state index is 0.00489. The van der Waals surface area contributed by atoms with Crippen LogP contribution in [0.1, 0.15) is 30.5 Å². The van der Waals surface area contributed by atoms with E-state index in [1.54, 1.807) is 19.1 Å². The Hall–Kier alpha value is -2.65. The Balaban J connectivity index is 1.83. The number of rotatable bonds is 3. The van der Waals surface area contributed by atoms with Crippen molar-refractivity contribution in [2.75, 3.05) is 0 Å². The molecule has 0 radical (unpaired) electrons. The van der Waals surface area contributed by atoms with E-state index < -0.39 is 11.7 Å². The first kappa shape index (κ1) is 16.8. The van der Waals surface area contributed by atoms with Crippen molar-refractivity contribution < 1.29 is 14.6 Å². The molecule has 0 spiro atoms. The number of aliphatic hydroxyl groups excluding tert-OH is 1. The molecule has 0 aromatic heterocycles. The van der Waals surface area contributed by atoms with Crippen molar-refractivity contribution in [2.45, 2.75) is 38.9 Å². The van der Waals surface area contributed by atoms with Crippen molar-refractivity contribution in [1.29, 1.82) is 0 Å². The SMILES string of the molecule is CCc1cc(-c2ccc(C)cc2)ccc1C1=C(O)[C@@]2(C)C=C[C@H](O2)C1=O. The van der Waals surface area contributed by atoms with Crippen LogP contribution in [0.3, 0.4) is 0 Å². The van der Waals surface area contributed by atoms with Gasteiger partial charge in [-0.25, -0.2) is 0 Å². The van der Waals surface area contributed by atoms with E-state index >= 15 is 0 Å². The lowest BCUT2D eigenvalue weighted by molar-refractivity contribution is -0.128. The maximum absolute atomic E-state index is 12.8. The standard InChI is InChI=1S/C23H22O3/c1-4-15-13-17(16-7-5-14(2)6-8-16)9-10-18(15)20-21(24)19-11-12-23(3,26-19)22(20)25/h5-13,19,25H,4H2,1-3H3/t19-,23+/m0/s1. The van der Waals surface area contributed by atoms with Gasteiger partial charge in [-0.1, -0.05) is 55.0 Å². The highest BCUT2D eigenvalue weighted by Gasteiger charge is 2.46. The van der Waals surface area contributed by atoms with Gasteiger partial charge < -0.3 is 9.84 Å². The van der Waals surface area contributed by atoms with Gasteiger partial charge in [0, 0.05) is 0 Å². The van der Waals surface area contributed by atoms with E-state index in [9.17, 15) is 9.90 Å². The predicted octanol–water partition coefficient (Wildman–Crippen LogP) is 4.79. The maximum Gasteiger partial charge on any atom is 0.199 e. The zero-order valence-corrected chi connectivity index (χ0v) is 15.2. The van der Waals surface area contributed by atoms with Gasteiger partial charge in [-0.2, -0.15) is 0 Å². The summed E-state index contributed by atoms with van der Waals surface area (Å²) in [5, 5.41) is 10.8. The Labute approximate surface area is 153 Å². The number of ether oxygens (including phenoxy) is 1. The van der Waals surface area contributed by atoms with Crippen LogP contribution in [0.4, 0.5) is 0 Å². The van der Waals surface area contributed by atoms with E-state index in [-0.39, 0.29) is 11.5 Å². The Morgan fingerprint density at radius 1 is 1.12 bits per heavy atom. The summed E-state index contributed by atoms with van der Waals surface area (Å²) in [6, 6.07) is 14.5. The molecule has 2 aliphatic heterocycles. The highest BCUT2D eigenvalue weighted by molar-refractivity contribution is 6.25. The molecule has 26 heavy (non-hydrogen) atoms. The van der Waals surface area contributed by atoms with Crippen LogP contribution >= 0.6 is 0 Å². The molecule has 3 nitrogen and oxygen atoms in total. The summed E-state index contributed by atoms with van der Waals surface area (Å²) >= 11 is 0. The summed E-state index contributed by atoms with van der Waals surface area (Å²) in [4.78, 5) is 12.8. The number of hydrogen-bond acceptors (Lipinski definition) is 3. The molecule has 2 heterocycles. The van der Waals surface area contributed by atoms with Crippen molar-refractivity contribution in [1.82, 2.24) is 0 Å². The van der Waals surface area contributed by atoms with Crippen molar-refractivity contribution in [3.05, 3.63) is 77.1 Å². The number of Topliss-reactive ketones (excluding diaryl/α,β-unsaturated/α-hetero) is 1. The molecule has 3 heteroatoms. The maximum atomic E-state index is 12.8. The molecule has 4 rings (SSSR count). The zero-order chi connectivity index (χ0) is 18.5. The first-order chi connectivity index (χ1) is 12.4. The number of benzene rings is 2. The molecule has 0 saturated carbocycles. The van der Waals surface area contributed by atoms with Gasteiger partial charge in [0.05, 0.1) is 5.57 Å². The highest BCUT2D eigenvalue weighted by Crippen LogP contribution is 2.42. The summed E-state index contributed by atoms with van der Waals surface area (Å²) in [6.45, 7) is 5.92. The number of aliphatic hydroxyl groups is 1. The quantitative estimate of drug-likeness (QED) is 0.813. The molecule has 2 aromatic rings. The first-order valence-corrected chi connectivity index (χ1v) is 8.98. The van der Waals surface area contributed by atoms with Crippen LogP contribution in [0, 0.1) is 6.92 Å². The van der Waals surface area contributed by atoms with Crippen molar-refractivity contribution in [2.24, 2.45) is 0 Å². The molecule has 1 N–H and O–H groups in total. The molecule has 0 aliphatic carbocycles. The summed E-state index contributed by atoms with van der Waals surface area (Å²) < 4.78 is 5.67. The van der Waals surface area contributed by atoms with Crippen molar-refractivity contribution >= 4 is 11.4 Å². The van der Waals surface area contributed by atoms with Crippen LogP contribution in [0.25, 0.3) is 16.7 Å². The monoisotopic (exact) mass is 346 g/mol. The Morgan fingerprint density at radius 3 is 2.50 bits per heavy atom. The molecular formula is C23H22O3. The minimum atomic E-state index is -0.908. The Bertz CT molecular complexity index is 950. The third-order valence-corrected chi connectivity index (χ3v) is 5.31. The second-order valence-corrected chi connectivity index (χ2v) is 7.18. The second kappa shape index (κ2) is 5.96. The number of ketones is 1. The Kier molecular flexibility index (Phi) is 3.85. The van der Waals surface area contributed by atoms with Crippen LogP contribution in [-0.2, 0) is 16.0 Å². The van der Waals surface area contributed by atoms with E-state index in [1.165, 1.54) is 5.56 Å². The molecule has 2 aliphatic rings. The molecule has 2 bridgehead atoms. The minimum Gasteiger partial charge on any atom is -0.508 e. The summed E-state index contributed by atoms with van der Waals surface area (Å²) in [5.41, 5.74) is 4.80. The zero-order valence-electron chi connectivity index (χ0n) is 15.2. The molecule has 0 unspecified atom stereocenters. The number of hydrogen-bond donors (Lipinski definition) is 1. The van der Waals surface area contributed by atoms with E-state index in [1.807, 2.05) is 12.1 Å². The van der Waals surface area contributed by atoms with E-state index in [0.29, 0.717) is 5.57 Å². The lowest BCUT2D eigenvalue weighted by atomic mass is 9.86. The topological polar surface area (TPSA) is 46.5 Å². The molecule has 132 valence electrons. The third kappa shape index (κ3) is 2.51. The van der Waals surface area contributed by atoms with E-state index in [0.717, 1.165) is 28.7 Å². The van der Waals surface area contributed by atoms with Gasteiger partial charge in [0.1, 0.15) is 17.5 Å². The largest absolute Gasteiger partial charge is 0.508 e. The molecular weight excluding hydrogens is 324 g/mol. The number of aryl methyl sites for hydroxylation is 2. The van der Waals surface area contributed by atoms with Crippen LogP contribution in [0.2, 0.25) is 0 Å². The van der Waals surface area contributed by atoms with Gasteiger partial charge in [0.25, 0.3) is 0 Å². The number of fused-ring (bicyclic) bond motifs is 2. The van der Waals surface area contributed by atoms with Crippen LogP contribution in [-0.4, -0.2) is 22.6 Å². The summed E-state index contributed by atoms with van der Waals surface area (Å²) in [5.74, 6) is -0.170. The predicted molar refractivity (Wildman–Crippen MR) is 103 cm³/mol. The fraction of sp³-hybridized carbons (Fsp3) is 0.261. The average Bonchev–Trinajstić information content (AvgIpc) is 3.02. The van der Waals surface area contributed by atoms with Gasteiger partial charge in [-0.3, -0.25) is 4.79 Å². The fourth-order valence-corrected chi connectivity index (χ4v) is 3.71. The first-order valence-electron chi connectivity index (χ1n) is 8.98. The van der Waals surface area contributed by atoms with Crippen molar-refractivity contribution in [3.63, 3.8) is 0 Å².